The van der Waals surface area contributed by atoms with Crippen molar-refractivity contribution in [1.29, 1.82) is 0 Å². The van der Waals surface area contributed by atoms with Gasteiger partial charge in [-0.3, -0.25) is 0 Å². The van der Waals surface area contributed by atoms with E-state index in [1.165, 1.54) is 23.1 Å². The molecule has 1 aromatic carbocycles. The van der Waals surface area contributed by atoms with Gasteiger partial charge in [0.05, 0.1) is 5.02 Å². The number of hydrogen-bond acceptors (Lipinski definition) is 6. The van der Waals surface area contributed by atoms with Gasteiger partial charge in [0.1, 0.15) is 10.7 Å². The number of benzene rings is 1. The summed E-state index contributed by atoms with van der Waals surface area (Å²) < 4.78 is 5.45. The topological polar surface area (TPSA) is 51.8 Å². The summed E-state index contributed by atoms with van der Waals surface area (Å²) in [4.78, 5) is 4.49. The third kappa shape index (κ3) is 2.51. The molecule has 96 valence electrons. The minimum absolute atomic E-state index is 0.430. The zero-order valence-electron chi connectivity index (χ0n) is 9.83. The van der Waals surface area contributed by atoms with Crippen LogP contribution in [0.4, 0.5) is 0 Å². The van der Waals surface area contributed by atoms with Crippen molar-refractivity contribution in [2.45, 2.75) is 5.22 Å². The van der Waals surface area contributed by atoms with Crippen molar-refractivity contribution >= 4 is 34.7 Å². The van der Waals surface area contributed by atoms with Crippen LogP contribution in [-0.4, -0.2) is 21.4 Å². The molecule has 2 aromatic heterocycles. The summed E-state index contributed by atoms with van der Waals surface area (Å²) >= 11 is 9.06. The van der Waals surface area contributed by atoms with Gasteiger partial charge in [0, 0.05) is 10.9 Å². The summed E-state index contributed by atoms with van der Waals surface area (Å²) in [5, 5.41) is 11.8. The number of aromatic nitrogens is 3. The number of thiazole rings is 1. The van der Waals surface area contributed by atoms with Crippen LogP contribution in [0.3, 0.4) is 0 Å². The molecule has 7 heteroatoms. The highest BCUT2D eigenvalue weighted by Crippen LogP contribution is 2.32. The minimum atomic E-state index is 0.430. The molecule has 3 rings (SSSR count). The maximum Gasteiger partial charge on any atom is 0.276 e. The fourth-order valence-electron chi connectivity index (χ4n) is 1.53. The van der Waals surface area contributed by atoms with E-state index in [1.54, 1.807) is 0 Å². The average Bonchev–Trinajstić information content (AvgIpc) is 3.08. The summed E-state index contributed by atoms with van der Waals surface area (Å²) in [5.41, 5.74) is 1.58. The molecule has 0 fully saturated rings. The number of nitrogens with zero attached hydrogens (tertiary/aromatic N) is 3. The molecule has 0 N–H and O–H groups in total. The Bertz CT molecular complexity index is 710. The summed E-state index contributed by atoms with van der Waals surface area (Å²) in [7, 11) is 0. The Hall–Kier alpha value is -1.37. The van der Waals surface area contributed by atoms with Gasteiger partial charge < -0.3 is 4.42 Å². The molecule has 0 atom stereocenters. The molecule has 0 aliphatic carbocycles. The van der Waals surface area contributed by atoms with Gasteiger partial charge >= 0.3 is 0 Å². The zero-order chi connectivity index (χ0) is 13.2. The van der Waals surface area contributed by atoms with E-state index in [0.29, 0.717) is 21.8 Å². The second-order valence-electron chi connectivity index (χ2n) is 3.59. The Labute approximate surface area is 122 Å². The largest absolute Gasteiger partial charge is 0.410 e. The van der Waals surface area contributed by atoms with E-state index in [4.69, 9.17) is 16.0 Å². The SMILES string of the molecule is CSc1nnc(-c2csc(-c3ccccc3Cl)n2)o1. The zero-order valence-corrected chi connectivity index (χ0v) is 12.2. The molecule has 2 heterocycles. The van der Waals surface area contributed by atoms with Gasteiger partial charge in [-0.05, 0) is 12.3 Å². The number of hydrogen-bond donors (Lipinski definition) is 0. The first-order chi connectivity index (χ1) is 9.28. The van der Waals surface area contributed by atoms with Crippen molar-refractivity contribution in [3.05, 3.63) is 34.7 Å². The fraction of sp³-hybridized carbons (Fsp3) is 0.0833. The smallest absolute Gasteiger partial charge is 0.276 e. The fourth-order valence-corrected chi connectivity index (χ4v) is 2.92. The second-order valence-corrected chi connectivity index (χ2v) is 5.62. The highest BCUT2D eigenvalue weighted by Gasteiger charge is 2.14. The van der Waals surface area contributed by atoms with Gasteiger partial charge in [0.25, 0.3) is 11.1 Å². The van der Waals surface area contributed by atoms with E-state index in [0.717, 1.165) is 10.6 Å². The second kappa shape index (κ2) is 5.32. The van der Waals surface area contributed by atoms with Crippen molar-refractivity contribution in [3.63, 3.8) is 0 Å². The van der Waals surface area contributed by atoms with E-state index in [-0.39, 0.29) is 0 Å². The first kappa shape index (κ1) is 12.7. The first-order valence-electron chi connectivity index (χ1n) is 5.36. The van der Waals surface area contributed by atoms with Crippen molar-refractivity contribution in [3.8, 4) is 22.2 Å². The van der Waals surface area contributed by atoms with Crippen LogP contribution in [0.1, 0.15) is 0 Å². The first-order valence-corrected chi connectivity index (χ1v) is 7.84. The number of halogens is 1. The van der Waals surface area contributed by atoms with Crippen molar-refractivity contribution in [1.82, 2.24) is 15.2 Å². The Kier molecular flexibility index (Phi) is 3.54. The van der Waals surface area contributed by atoms with Crippen molar-refractivity contribution < 1.29 is 4.42 Å². The van der Waals surface area contributed by atoms with Gasteiger partial charge in [0.2, 0.25) is 0 Å². The van der Waals surface area contributed by atoms with Crippen LogP contribution >= 0.6 is 34.7 Å². The molecular weight excluding hydrogens is 302 g/mol. The molecule has 3 aromatic rings. The third-order valence-electron chi connectivity index (χ3n) is 2.41. The van der Waals surface area contributed by atoms with Crippen LogP contribution in [0.5, 0.6) is 0 Å². The molecule has 0 unspecified atom stereocenters. The van der Waals surface area contributed by atoms with Crippen LogP contribution in [0.25, 0.3) is 22.2 Å². The van der Waals surface area contributed by atoms with Gasteiger partial charge in [-0.25, -0.2) is 4.98 Å². The lowest BCUT2D eigenvalue weighted by Gasteiger charge is -1.97. The molecule has 4 nitrogen and oxygen atoms in total. The van der Waals surface area contributed by atoms with Crippen LogP contribution in [0.15, 0.2) is 39.3 Å². The molecule has 0 saturated heterocycles. The molecule has 0 radical (unpaired) electrons. The van der Waals surface area contributed by atoms with Gasteiger partial charge in [-0.1, -0.05) is 41.6 Å². The van der Waals surface area contributed by atoms with Crippen molar-refractivity contribution in [2.24, 2.45) is 0 Å². The molecular formula is C12H8ClN3OS2. The molecule has 0 aliphatic rings. The Morgan fingerprint density at radius 2 is 2.11 bits per heavy atom. The van der Waals surface area contributed by atoms with Gasteiger partial charge in [-0.15, -0.1) is 21.5 Å². The summed E-state index contributed by atoms with van der Waals surface area (Å²) in [6.45, 7) is 0. The highest BCUT2D eigenvalue weighted by atomic mass is 35.5. The highest BCUT2D eigenvalue weighted by molar-refractivity contribution is 7.98. The summed E-state index contributed by atoms with van der Waals surface area (Å²) in [5.74, 6) is 0.430. The average molecular weight is 310 g/mol. The van der Waals surface area contributed by atoms with Crippen LogP contribution in [0.2, 0.25) is 5.02 Å². The van der Waals surface area contributed by atoms with Gasteiger partial charge in [0.15, 0.2) is 0 Å². The van der Waals surface area contributed by atoms with E-state index in [2.05, 4.69) is 15.2 Å². The minimum Gasteiger partial charge on any atom is -0.410 e. The molecule has 0 amide bonds. The van der Waals surface area contributed by atoms with Gasteiger partial charge in [-0.2, -0.15) is 0 Å². The lowest BCUT2D eigenvalue weighted by Crippen LogP contribution is -1.80. The standard InChI is InChI=1S/C12H8ClN3OS2/c1-18-12-16-15-10(17-12)9-6-19-11(14-9)7-4-2-3-5-8(7)13/h2-6H,1H3. The predicted octanol–water partition coefficient (Wildman–Crippen LogP) is 4.24. The quantitative estimate of drug-likeness (QED) is 0.677. The maximum absolute atomic E-state index is 6.15. The number of rotatable bonds is 3. The predicted molar refractivity (Wildman–Crippen MR) is 77.6 cm³/mol. The monoisotopic (exact) mass is 309 g/mol. The Balaban J connectivity index is 1.97. The van der Waals surface area contributed by atoms with Crippen molar-refractivity contribution in [2.75, 3.05) is 6.26 Å². The molecule has 0 spiro atoms. The third-order valence-corrected chi connectivity index (χ3v) is 4.13. The molecule has 0 bridgehead atoms. The maximum atomic E-state index is 6.15. The van der Waals surface area contributed by atoms with E-state index in [9.17, 15) is 0 Å². The lowest BCUT2D eigenvalue weighted by atomic mass is 10.2. The summed E-state index contributed by atoms with van der Waals surface area (Å²) in [6, 6.07) is 7.60. The summed E-state index contributed by atoms with van der Waals surface area (Å²) in [6.07, 6.45) is 1.88. The van der Waals surface area contributed by atoms with E-state index < -0.39 is 0 Å². The Morgan fingerprint density at radius 3 is 2.84 bits per heavy atom. The molecule has 0 saturated carbocycles. The van der Waals surface area contributed by atoms with E-state index >= 15 is 0 Å². The van der Waals surface area contributed by atoms with Crippen LogP contribution in [-0.2, 0) is 0 Å². The lowest BCUT2D eigenvalue weighted by molar-refractivity contribution is 0.465. The Morgan fingerprint density at radius 1 is 1.26 bits per heavy atom. The van der Waals surface area contributed by atoms with E-state index in [1.807, 2.05) is 35.9 Å². The molecule has 0 aliphatic heterocycles. The number of thioether (sulfide) groups is 1. The normalized spacial score (nSPS) is 10.8. The van der Waals surface area contributed by atoms with Crippen LogP contribution in [0, 0.1) is 0 Å². The molecule has 19 heavy (non-hydrogen) atoms. The van der Waals surface area contributed by atoms with Crippen LogP contribution < -0.4 is 0 Å².